The monoisotopic (exact) mass is 267 g/mol. The van der Waals surface area contributed by atoms with Crippen LogP contribution in [-0.2, 0) is 14.6 Å². The van der Waals surface area contributed by atoms with Crippen LogP contribution in [0.4, 0.5) is 5.69 Å². The fraction of sp³-hybridized carbons (Fsp3) is 0.273. The van der Waals surface area contributed by atoms with E-state index in [1.165, 1.54) is 12.1 Å². The number of nitriles is 1. The first kappa shape index (κ1) is 14.0. The van der Waals surface area contributed by atoms with Gasteiger partial charge in [-0.1, -0.05) is 6.07 Å². The third kappa shape index (κ3) is 3.21. The van der Waals surface area contributed by atoms with Gasteiger partial charge < -0.3 is 11.1 Å². The van der Waals surface area contributed by atoms with Crippen molar-refractivity contribution in [1.82, 2.24) is 5.32 Å². The van der Waals surface area contributed by atoms with E-state index in [0.717, 1.165) is 0 Å². The molecule has 3 N–H and O–H groups in total. The number of sulfone groups is 1. The normalized spacial score (nSPS) is 10.7. The molecular formula is C11H13N3O3S. The fourth-order valence-corrected chi connectivity index (χ4v) is 2.88. The number of nitrogen functional groups attached to an aromatic ring is 1. The molecule has 0 unspecified atom stereocenters. The molecule has 0 aliphatic rings. The molecule has 0 aromatic heterocycles. The highest BCUT2D eigenvalue weighted by molar-refractivity contribution is 7.92. The smallest absolute Gasteiger partial charge is 0.236 e. The van der Waals surface area contributed by atoms with Crippen molar-refractivity contribution in [2.45, 2.75) is 11.8 Å². The third-order valence-corrected chi connectivity index (χ3v) is 4.10. The molecule has 1 rings (SSSR count). The van der Waals surface area contributed by atoms with E-state index in [0.29, 0.717) is 11.3 Å². The van der Waals surface area contributed by atoms with Crippen LogP contribution in [0.5, 0.6) is 0 Å². The minimum atomic E-state index is -3.74. The number of nitrogens with zero attached hydrogens (tertiary/aromatic N) is 1. The molecule has 1 amide bonds. The maximum atomic E-state index is 12.0. The molecule has 0 spiro atoms. The lowest BCUT2D eigenvalue weighted by Gasteiger charge is -2.09. The second kappa shape index (κ2) is 5.51. The van der Waals surface area contributed by atoms with Gasteiger partial charge in [-0.25, -0.2) is 8.42 Å². The van der Waals surface area contributed by atoms with E-state index in [-0.39, 0.29) is 11.4 Å². The standard InChI is InChI=1S/C11H13N3O3S/c1-8-9(13)3-2-4-10(8)18(16,17)7-11(15)14-6-5-12/h2-4H,6-7,13H2,1H3,(H,14,15). The molecule has 1 aromatic rings. The van der Waals surface area contributed by atoms with Gasteiger partial charge in [0.15, 0.2) is 9.84 Å². The van der Waals surface area contributed by atoms with Gasteiger partial charge in [-0.2, -0.15) is 5.26 Å². The van der Waals surface area contributed by atoms with E-state index in [4.69, 9.17) is 11.0 Å². The molecule has 0 saturated heterocycles. The molecule has 96 valence electrons. The molecule has 0 fully saturated rings. The molecule has 0 aliphatic carbocycles. The third-order valence-electron chi connectivity index (χ3n) is 2.35. The summed E-state index contributed by atoms with van der Waals surface area (Å²) in [7, 11) is -3.74. The van der Waals surface area contributed by atoms with E-state index in [1.54, 1.807) is 19.1 Å². The van der Waals surface area contributed by atoms with Crippen molar-refractivity contribution in [3.63, 3.8) is 0 Å². The van der Waals surface area contributed by atoms with Crippen LogP contribution in [0, 0.1) is 18.3 Å². The number of rotatable bonds is 4. The molecule has 0 radical (unpaired) electrons. The van der Waals surface area contributed by atoms with Crippen molar-refractivity contribution in [2.24, 2.45) is 0 Å². The zero-order valence-corrected chi connectivity index (χ0v) is 10.6. The molecule has 0 atom stereocenters. The minimum Gasteiger partial charge on any atom is -0.398 e. The Morgan fingerprint density at radius 1 is 1.50 bits per heavy atom. The summed E-state index contributed by atoms with van der Waals surface area (Å²) in [4.78, 5) is 11.4. The van der Waals surface area contributed by atoms with Crippen molar-refractivity contribution in [3.05, 3.63) is 23.8 Å². The number of anilines is 1. The van der Waals surface area contributed by atoms with Crippen LogP contribution in [0.2, 0.25) is 0 Å². The number of benzene rings is 1. The summed E-state index contributed by atoms with van der Waals surface area (Å²) in [6.45, 7) is 1.36. The molecule has 6 nitrogen and oxygen atoms in total. The summed E-state index contributed by atoms with van der Waals surface area (Å²) in [5.74, 6) is -1.41. The van der Waals surface area contributed by atoms with Crippen molar-refractivity contribution >= 4 is 21.4 Å². The summed E-state index contributed by atoms with van der Waals surface area (Å²) < 4.78 is 24.0. The van der Waals surface area contributed by atoms with E-state index in [2.05, 4.69) is 5.32 Å². The average molecular weight is 267 g/mol. The zero-order valence-electron chi connectivity index (χ0n) is 9.80. The van der Waals surface area contributed by atoms with E-state index >= 15 is 0 Å². The van der Waals surface area contributed by atoms with Gasteiger partial charge in [0.25, 0.3) is 0 Å². The van der Waals surface area contributed by atoms with Gasteiger partial charge in [0.05, 0.1) is 11.0 Å². The van der Waals surface area contributed by atoms with Crippen LogP contribution in [-0.4, -0.2) is 26.6 Å². The first-order valence-corrected chi connectivity index (χ1v) is 6.75. The Balaban J connectivity index is 2.98. The molecular weight excluding hydrogens is 254 g/mol. The van der Waals surface area contributed by atoms with E-state index < -0.39 is 21.5 Å². The van der Waals surface area contributed by atoms with Crippen LogP contribution < -0.4 is 11.1 Å². The van der Waals surface area contributed by atoms with Crippen LogP contribution >= 0.6 is 0 Å². The summed E-state index contributed by atoms with van der Waals surface area (Å²) in [5, 5.41) is 10.5. The lowest BCUT2D eigenvalue weighted by Crippen LogP contribution is -2.30. The fourth-order valence-electron chi connectivity index (χ4n) is 1.41. The highest BCUT2D eigenvalue weighted by Crippen LogP contribution is 2.21. The maximum absolute atomic E-state index is 12.0. The Hall–Kier alpha value is -2.07. The molecule has 0 bridgehead atoms. The van der Waals surface area contributed by atoms with Gasteiger partial charge in [0, 0.05) is 5.69 Å². The SMILES string of the molecule is Cc1c(N)cccc1S(=O)(=O)CC(=O)NCC#N. The van der Waals surface area contributed by atoms with Crippen molar-refractivity contribution < 1.29 is 13.2 Å². The summed E-state index contributed by atoms with van der Waals surface area (Å²) in [6, 6.07) is 6.20. The Morgan fingerprint density at radius 2 is 2.17 bits per heavy atom. The van der Waals surface area contributed by atoms with Crippen LogP contribution in [0.25, 0.3) is 0 Å². The maximum Gasteiger partial charge on any atom is 0.236 e. The molecule has 0 saturated carbocycles. The molecule has 18 heavy (non-hydrogen) atoms. The summed E-state index contributed by atoms with van der Waals surface area (Å²) in [6.07, 6.45) is 0. The number of nitrogens with two attached hydrogens (primary N) is 1. The van der Waals surface area contributed by atoms with Crippen LogP contribution in [0.15, 0.2) is 23.1 Å². The van der Waals surface area contributed by atoms with Crippen molar-refractivity contribution in [2.75, 3.05) is 18.0 Å². The summed E-state index contributed by atoms with van der Waals surface area (Å²) in [5.41, 5.74) is 6.40. The van der Waals surface area contributed by atoms with Crippen LogP contribution in [0.3, 0.4) is 0 Å². The predicted molar refractivity (Wildman–Crippen MR) is 66.3 cm³/mol. The van der Waals surface area contributed by atoms with E-state index in [9.17, 15) is 13.2 Å². The van der Waals surface area contributed by atoms with E-state index in [1.807, 2.05) is 0 Å². The average Bonchev–Trinajstić information content (AvgIpc) is 2.29. The molecule has 0 aliphatic heterocycles. The molecule has 0 heterocycles. The first-order chi connectivity index (χ1) is 8.38. The lowest BCUT2D eigenvalue weighted by molar-refractivity contribution is -0.118. The van der Waals surface area contributed by atoms with Gasteiger partial charge in [0.1, 0.15) is 12.3 Å². The Kier molecular flexibility index (Phi) is 4.28. The Bertz CT molecular complexity index is 602. The molecule has 7 heteroatoms. The van der Waals surface area contributed by atoms with Gasteiger partial charge in [-0.05, 0) is 24.6 Å². The van der Waals surface area contributed by atoms with Gasteiger partial charge >= 0.3 is 0 Å². The quantitative estimate of drug-likeness (QED) is 0.588. The van der Waals surface area contributed by atoms with Gasteiger partial charge in [0.2, 0.25) is 5.91 Å². The first-order valence-electron chi connectivity index (χ1n) is 5.10. The second-order valence-electron chi connectivity index (χ2n) is 3.66. The van der Waals surface area contributed by atoms with Gasteiger partial charge in [-0.15, -0.1) is 0 Å². The largest absolute Gasteiger partial charge is 0.398 e. The van der Waals surface area contributed by atoms with Crippen molar-refractivity contribution in [3.8, 4) is 6.07 Å². The number of hydrogen-bond donors (Lipinski definition) is 2. The highest BCUT2D eigenvalue weighted by Gasteiger charge is 2.21. The van der Waals surface area contributed by atoms with Crippen molar-refractivity contribution in [1.29, 1.82) is 5.26 Å². The zero-order chi connectivity index (χ0) is 13.8. The topological polar surface area (TPSA) is 113 Å². The number of carbonyl (C=O) groups is 1. The number of carbonyl (C=O) groups excluding carboxylic acids is 1. The Labute approximate surface area is 105 Å². The van der Waals surface area contributed by atoms with Crippen LogP contribution in [0.1, 0.15) is 5.56 Å². The lowest BCUT2D eigenvalue weighted by atomic mass is 10.2. The highest BCUT2D eigenvalue weighted by atomic mass is 32.2. The number of hydrogen-bond acceptors (Lipinski definition) is 5. The second-order valence-corrected chi connectivity index (χ2v) is 5.62. The molecule has 1 aromatic carbocycles. The number of amides is 1. The predicted octanol–water partition coefficient (Wildman–Crippen LogP) is -0.00930. The Morgan fingerprint density at radius 3 is 2.78 bits per heavy atom. The van der Waals surface area contributed by atoms with Gasteiger partial charge in [-0.3, -0.25) is 4.79 Å². The minimum absolute atomic E-state index is 0.0367. The summed E-state index contributed by atoms with van der Waals surface area (Å²) >= 11 is 0. The number of nitrogens with one attached hydrogen (secondary N) is 1.